The van der Waals surface area contributed by atoms with E-state index in [0.717, 1.165) is 10.1 Å². The Balaban J connectivity index is 1.75. The van der Waals surface area contributed by atoms with E-state index < -0.39 is 21.5 Å². The zero-order chi connectivity index (χ0) is 22.6. The van der Waals surface area contributed by atoms with Gasteiger partial charge in [0.2, 0.25) is 15.2 Å². The molecule has 0 saturated carbocycles. The Morgan fingerprint density at radius 1 is 1.23 bits per heavy atom. The number of carbonyl (C=O) groups excluding carboxylic acids is 1. The number of carbonyl (C=O) groups is 1. The monoisotopic (exact) mass is 498 g/mol. The van der Waals surface area contributed by atoms with E-state index >= 15 is 0 Å². The van der Waals surface area contributed by atoms with Crippen molar-refractivity contribution < 1.29 is 17.9 Å². The highest BCUT2D eigenvalue weighted by atomic mass is 32.2. The molecule has 0 atom stereocenters. The first-order valence-electron chi connectivity index (χ1n) is 9.09. The molecule has 166 valence electrons. The molecule has 0 radical (unpaired) electrons. The van der Waals surface area contributed by atoms with Crippen LogP contribution >= 0.6 is 34.4 Å². The van der Waals surface area contributed by atoms with Crippen molar-refractivity contribution in [2.24, 2.45) is 0 Å². The van der Waals surface area contributed by atoms with Gasteiger partial charge in [0.1, 0.15) is 10.6 Å². The van der Waals surface area contributed by atoms with Crippen LogP contribution in [0.5, 0.6) is 5.75 Å². The summed E-state index contributed by atoms with van der Waals surface area (Å²) in [7, 11) is -2.52. The smallest absolute Gasteiger partial charge is 0.257 e. The fraction of sp³-hybridized carbons (Fsp3) is 0.316. The summed E-state index contributed by atoms with van der Waals surface area (Å²) in [6, 6.07) is 8.28. The van der Waals surface area contributed by atoms with Crippen LogP contribution in [-0.4, -0.2) is 37.2 Å². The zero-order valence-corrected chi connectivity index (χ0v) is 20.6. The second kappa shape index (κ2) is 9.65. The Hall–Kier alpha value is -1.99. The van der Waals surface area contributed by atoms with Crippen LogP contribution in [0, 0.1) is 0 Å². The summed E-state index contributed by atoms with van der Waals surface area (Å²) in [5.74, 6) is 0.443. The molecule has 2 heterocycles. The van der Waals surface area contributed by atoms with Crippen LogP contribution in [0.3, 0.4) is 0 Å². The number of nitrogens with zero attached hydrogens (tertiary/aromatic N) is 2. The molecule has 0 fully saturated rings. The number of benzene rings is 1. The van der Waals surface area contributed by atoms with E-state index in [0.29, 0.717) is 5.13 Å². The Kier molecular flexibility index (Phi) is 7.37. The molecule has 0 aliphatic heterocycles. The number of thiophene rings is 1. The molecular formula is C19H22N4O4S4. The van der Waals surface area contributed by atoms with Crippen molar-refractivity contribution in [1.82, 2.24) is 14.9 Å². The molecule has 2 aromatic heterocycles. The molecule has 8 nitrogen and oxygen atoms in total. The third kappa shape index (κ3) is 6.50. The van der Waals surface area contributed by atoms with Gasteiger partial charge in [-0.2, -0.15) is 0 Å². The van der Waals surface area contributed by atoms with Crippen molar-refractivity contribution in [3.05, 3.63) is 46.2 Å². The van der Waals surface area contributed by atoms with E-state index in [1.165, 1.54) is 53.3 Å². The Bertz CT molecular complexity index is 1150. The molecule has 0 unspecified atom stereocenters. The number of ether oxygens (including phenoxy) is 1. The third-order valence-corrected chi connectivity index (χ3v) is 8.56. The average molecular weight is 499 g/mol. The number of hydrogen-bond donors (Lipinski definition) is 2. The van der Waals surface area contributed by atoms with E-state index in [-0.39, 0.29) is 16.2 Å². The second-order valence-corrected chi connectivity index (χ2v) is 12.3. The maximum absolute atomic E-state index is 12.8. The molecular weight excluding hydrogens is 477 g/mol. The highest BCUT2D eigenvalue weighted by Gasteiger charge is 2.26. The van der Waals surface area contributed by atoms with Crippen LogP contribution in [-0.2, 0) is 15.8 Å². The number of aromatic nitrogens is 2. The minimum Gasteiger partial charge on any atom is -0.495 e. The van der Waals surface area contributed by atoms with Gasteiger partial charge < -0.3 is 4.74 Å². The normalized spacial score (nSPS) is 12.0. The van der Waals surface area contributed by atoms with E-state index in [4.69, 9.17) is 4.74 Å². The average Bonchev–Trinajstić information content (AvgIpc) is 3.35. The van der Waals surface area contributed by atoms with Crippen molar-refractivity contribution in [2.45, 2.75) is 41.3 Å². The van der Waals surface area contributed by atoms with Crippen molar-refractivity contribution in [3.63, 3.8) is 0 Å². The standard InChI is InChI=1S/C19H22N4O4S4/c1-19(2,3)23-31(25,26)15-10-12(7-8-14(15)27-4)16(24)20-17-21-22-18(30-17)29-11-13-6-5-9-28-13/h5-10,23H,11H2,1-4H3,(H,20,21,24). The largest absolute Gasteiger partial charge is 0.495 e. The summed E-state index contributed by atoms with van der Waals surface area (Å²) >= 11 is 4.47. The van der Waals surface area contributed by atoms with Crippen LogP contribution in [0.1, 0.15) is 36.0 Å². The predicted octanol–water partition coefficient (Wildman–Crippen LogP) is 4.23. The lowest BCUT2D eigenvalue weighted by atomic mass is 10.1. The summed E-state index contributed by atoms with van der Waals surface area (Å²) in [5.41, 5.74) is -0.524. The lowest BCUT2D eigenvalue weighted by molar-refractivity contribution is 0.102. The highest BCUT2D eigenvalue weighted by Crippen LogP contribution is 2.30. The molecule has 0 bridgehead atoms. The van der Waals surface area contributed by atoms with Crippen molar-refractivity contribution >= 4 is 55.5 Å². The molecule has 3 rings (SSSR count). The predicted molar refractivity (Wildman–Crippen MR) is 125 cm³/mol. The van der Waals surface area contributed by atoms with E-state index in [1.54, 1.807) is 32.1 Å². The number of rotatable bonds is 8. The van der Waals surface area contributed by atoms with E-state index in [1.807, 2.05) is 17.5 Å². The van der Waals surface area contributed by atoms with Crippen LogP contribution in [0.4, 0.5) is 5.13 Å². The van der Waals surface area contributed by atoms with Gasteiger partial charge in [-0.25, -0.2) is 13.1 Å². The minimum atomic E-state index is -3.90. The number of hydrogen-bond acceptors (Lipinski definition) is 9. The summed E-state index contributed by atoms with van der Waals surface area (Å²) in [6.45, 7) is 5.20. The van der Waals surface area contributed by atoms with Crippen LogP contribution in [0.25, 0.3) is 0 Å². The molecule has 0 spiro atoms. The number of nitrogens with one attached hydrogen (secondary N) is 2. The highest BCUT2D eigenvalue weighted by molar-refractivity contribution is 8.00. The summed E-state index contributed by atoms with van der Waals surface area (Å²) in [6.07, 6.45) is 0. The zero-order valence-electron chi connectivity index (χ0n) is 17.3. The molecule has 1 aromatic carbocycles. The summed E-state index contributed by atoms with van der Waals surface area (Å²) < 4.78 is 34.1. The van der Waals surface area contributed by atoms with Gasteiger partial charge in [-0.05, 0) is 50.4 Å². The maximum Gasteiger partial charge on any atom is 0.257 e. The van der Waals surface area contributed by atoms with Crippen molar-refractivity contribution in [3.8, 4) is 5.75 Å². The summed E-state index contributed by atoms with van der Waals surface area (Å²) in [4.78, 5) is 13.8. The number of anilines is 1. The van der Waals surface area contributed by atoms with Crippen LogP contribution in [0.15, 0.2) is 44.9 Å². The number of thioether (sulfide) groups is 1. The first-order chi connectivity index (χ1) is 14.6. The lowest BCUT2D eigenvalue weighted by Crippen LogP contribution is -2.40. The number of methoxy groups -OCH3 is 1. The van der Waals surface area contributed by atoms with E-state index in [9.17, 15) is 13.2 Å². The minimum absolute atomic E-state index is 0.109. The molecule has 2 N–H and O–H groups in total. The molecule has 0 saturated heterocycles. The lowest BCUT2D eigenvalue weighted by Gasteiger charge is -2.21. The summed E-state index contributed by atoms with van der Waals surface area (Å²) in [5, 5.41) is 13.1. The second-order valence-electron chi connectivity index (χ2n) is 7.42. The van der Waals surface area contributed by atoms with Crippen molar-refractivity contribution in [2.75, 3.05) is 12.4 Å². The molecule has 0 aliphatic rings. The van der Waals surface area contributed by atoms with Gasteiger partial charge in [-0.15, -0.1) is 21.5 Å². The first kappa shape index (κ1) is 23.7. The van der Waals surface area contributed by atoms with Gasteiger partial charge in [0.05, 0.1) is 7.11 Å². The number of sulfonamides is 1. The third-order valence-electron chi connectivity index (χ3n) is 3.70. The molecule has 1 amide bonds. The fourth-order valence-corrected chi connectivity index (χ4v) is 6.64. The van der Waals surface area contributed by atoms with E-state index in [2.05, 4.69) is 20.2 Å². The van der Waals surface area contributed by atoms with Gasteiger partial charge in [0.25, 0.3) is 5.91 Å². The number of amides is 1. The SMILES string of the molecule is COc1ccc(C(=O)Nc2nnc(SCc3cccs3)s2)cc1S(=O)(=O)NC(C)(C)C. The fourth-order valence-electron chi connectivity index (χ4n) is 2.50. The van der Waals surface area contributed by atoms with Crippen LogP contribution < -0.4 is 14.8 Å². The van der Waals surface area contributed by atoms with Crippen LogP contribution in [0.2, 0.25) is 0 Å². The molecule has 0 aliphatic carbocycles. The molecule has 12 heteroatoms. The van der Waals surface area contributed by atoms with Gasteiger partial charge in [-0.1, -0.05) is 29.2 Å². The Morgan fingerprint density at radius 3 is 2.65 bits per heavy atom. The first-order valence-corrected chi connectivity index (χ1v) is 13.3. The van der Waals surface area contributed by atoms with Gasteiger partial charge in [-0.3, -0.25) is 10.1 Å². The Labute approximate surface area is 193 Å². The van der Waals surface area contributed by atoms with Crippen molar-refractivity contribution in [1.29, 1.82) is 0 Å². The van der Waals surface area contributed by atoms with Gasteiger partial charge in [0, 0.05) is 21.7 Å². The topological polar surface area (TPSA) is 110 Å². The maximum atomic E-state index is 12.8. The molecule has 31 heavy (non-hydrogen) atoms. The van der Waals surface area contributed by atoms with Gasteiger partial charge in [0.15, 0.2) is 4.34 Å². The quantitative estimate of drug-likeness (QED) is 0.353. The Morgan fingerprint density at radius 2 is 2.00 bits per heavy atom. The van der Waals surface area contributed by atoms with Gasteiger partial charge >= 0.3 is 0 Å². The molecule has 3 aromatic rings.